The van der Waals surface area contributed by atoms with Crippen LogP contribution in [0.25, 0.3) is 5.82 Å². The standard InChI is InChI=1S/C12H12ClF3N4/c1-2-10-7(4-17)5-19-20(10)11-9(13)3-8(6-18-11)12(14,15)16/h3,5-6H,2,4,17H2,1H3. The fourth-order valence-corrected chi connectivity index (χ4v) is 2.13. The zero-order chi connectivity index (χ0) is 14.9. The summed E-state index contributed by atoms with van der Waals surface area (Å²) in [5, 5.41) is 3.98. The Bertz CT molecular complexity index is 622. The van der Waals surface area contributed by atoms with Crippen LogP contribution in [0.4, 0.5) is 13.2 Å². The van der Waals surface area contributed by atoms with Crippen LogP contribution in [0.5, 0.6) is 0 Å². The molecule has 20 heavy (non-hydrogen) atoms. The van der Waals surface area contributed by atoms with Crippen molar-refractivity contribution in [2.75, 3.05) is 0 Å². The summed E-state index contributed by atoms with van der Waals surface area (Å²) in [4.78, 5) is 3.78. The van der Waals surface area contributed by atoms with Crippen molar-refractivity contribution in [3.8, 4) is 5.82 Å². The molecule has 0 bridgehead atoms. The molecule has 2 aromatic rings. The lowest BCUT2D eigenvalue weighted by molar-refractivity contribution is -0.137. The Morgan fingerprint density at radius 3 is 2.55 bits per heavy atom. The van der Waals surface area contributed by atoms with Gasteiger partial charge in [0.2, 0.25) is 0 Å². The minimum absolute atomic E-state index is 0.110. The van der Waals surface area contributed by atoms with Gasteiger partial charge in [-0.2, -0.15) is 18.3 Å². The van der Waals surface area contributed by atoms with E-state index in [1.54, 1.807) is 6.20 Å². The third-order valence-corrected chi connectivity index (χ3v) is 3.14. The molecule has 0 saturated heterocycles. The second-order valence-corrected chi connectivity index (χ2v) is 4.52. The van der Waals surface area contributed by atoms with Gasteiger partial charge in [0.15, 0.2) is 5.82 Å². The van der Waals surface area contributed by atoms with Crippen LogP contribution in [-0.2, 0) is 19.1 Å². The average Bonchev–Trinajstić information content (AvgIpc) is 2.80. The summed E-state index contributed by atoms with van der Waals surface area (Å²) in [7, 11) is 0. The Morgan fingerprint density at radius 2 is 2.05 bits per heavy atom. The summed E-state index contributed by atoms with van der Waals surface area (Å²) >= 11 is 5.90. The number of hydrogen-bond donors (Lipinski definition) is 1. The Kier molecular flexibility index (Phi) is 4.01. The first kappa shape index (κ1) is 14.8. The van der Waals surface area contributed by atoms with Gasteiger partial charge in [-0.15, -0.1) is 0 Å². The van der Waals surface area contributed by atoms with Crippen LogP contribution in [0.15, 0.2) is 18.5 Å². The van der Waals surface area contributed by atoms with Gasteiger partial charge in [-0.25, -0.2) is 9.67 Å². The Balaban J connectivity index is 2.52. The lowest BCUT2D eigenvalue weighted by Gasteiger charge is -2.11. The van der Waals surface area contributed by atoms with Crippen molar-refractivity contribution in [1.82, 2.24) is 14.8 Å². The summed E-state index contributed by atoms with van der Waals surface area (Å²) < 4.78 is 39.1. The highest BCUT2D eigenvalue weighted by molar-refractivity contribution is 6.32. The predicted octanol–water partition coefficient (Wildman–Crippen LogP) is 2.96. The third kappa shape index (κ3) is 2.64. The van der Waals surface area contributed by atoms with Crippen molar-refractivity contribution in [3.63, 3.8) is 0 Å². The van der Waals surface area contributed by atoms with Crippen molar-refractivity contribution in [3.05, 3.63) is 40.3 Å². The van der Waals surface area contributed by atoms with Crippen molar-refractivity contribution in [1.29, 1.82) is 0 Å². The van der Waals surface area contributed by atoms with Crippen LogP contribution >= 0.6 is 11.6 Å². The van der Waals surface area contributed by atoms with Gasteiger partial charge < -0.3 is 5.73 Å². The van der Waals surface area contributed by atoms with E-state index in [2.05, 4.69) is 10.1 Å². The molecular formula is C12H12ClF3N4. The van der Waals surface area contributed by atoms with E-state index in [9.17, 15) is 13.2 Å². The number of aromatic nitrogens is 3. The van der Waals surface area contributed by atoms with Gasteiger partial charge in [0.25, 0.3) is 0 Å². The average molecular weight is 305 g/mol. The molecule has 0 fully saturated rings. The monoisotopic (exact) mass is 304 g/mol. The van der Waals surface area contributed by atoms with E-state index >= 15 is 0 Å². The molecule has 0 unspecified atom stereocenters. The molecule has 4 nitrogen and oxygen atoms in total. The number of nitrogens with two attached hydrogens (primary N) is 1. The summed E-state index contributed by atoms with van der Waals surface area (Å²) in [5.41, 5.74) is 6.28. The molecular weight excluding hydrogens is 293 g/mol. The van der Waals surface area contributed by atoms with Crippen molar-refractivity contribution >= 4 is 11.6 Å². The molecule has 0 amide bonds. The van der Waals surface area contributed by atoms with Crippen LogP contribution in [0.3, 0.4) is 0 Å². The molecule has 2 rings (SSSR count). The van der Waals surface area contributed by atoms with Gasteiger partial charge in [-0.1, -0.05) is 18.5 Å². The maximum atomic E-state index is 12.6. The van der Waals surface area contributed by atoms with E-state index < -0.39 is 11.7 Å². The van der Waals surface area contributed by atoms with Gasteiger partial charge in [-0.3, -0.25) is 0 Å². The minimum atomic E-state index is -4.48. The second kappa shape index (κ2) is 5.41. The van der Waals surface area contributed by atoms with Crippen LogP contribution in [0.2, 0.25) is 5.02 Å². The maximum Gasteiger partial charge on any atom is 0.417 e. The van der Waals surface area contributed by atoms with Crippen LogP contribution < -0.4 is 5.73 Å². The summed E-state index contributed by atoms with van der Waals surface area (Å²) in [6.07, 6.45) is -1.56. The number of alkyl halides is 3. The highest BCUT2D eigenvalue weighted by Gasteiger charge is 2.32. The topological polar surface area (TPSA) is 56.7 Å². The lowest BCUT2D eigenvalue weighted by atomic mass is 10.2. The van der Waals surface area contributed by atoms with E-state index in [1.165, 1.54) is 4.68 Å². The molecule has 0 aromatic carbocycles. The molecule has 2 heterocycles. The Labute approximate surface area is 118 Å². The highest BCUT2D eigenvalue weighted by atomic mass is 35.5. The van der Waals surface area contributed by atoms with Gasteiger partial charge in [0.1, 0.15) is 0 Å². The van der Waals surface area contributed by atoms with E-state index in [1.807, 2.05) is 6.92 Å². The molecule has 0 spiro atoms. The van der Waals surface area contributed by atoms with Crippen LogP contribution in [0, 0.1) is 0 Å². The lowest BCUT2D eigenvalue weighted by Crippen LogP contribution is -2.10. The van der Waals surface area contributed by atoms with Gasteiger partial charge in [0, 0.05) is 18.3 Å². The SMILES string of the molecule is CCc1c(CN)cnn1-c1ncc(C(F)(F)F)cc1Cl. The predicted molar refractivity (Wildman–Crippen MR) is 68.6 cm³/mol. The molecule has 0 aliphatic carbocycles. The number of pyridine rings is 1. The zero-order valence-corrected chi connectivity index (χ0v) is 11.3. The van der Waals surface area contributed by atoms with Crippen molar-refractivity contribution < 1.29 is 13.2 Å². The molecule has 8 heteroatoms. The van der Waals surface area contributed by atoms with Crippen LogP contribution in [0.1, 0.15) is 23.7 Å². The van der Waals surface area contributed by atoms with Crippen LogP contribution in [-0.4, -0.2) is 14.8 Å². The van der Waals surface area contributed by atoms with E-state index in [-0.39, 0.29) is 10.8 Å². The first-order valence-electron chi connectivity index (χ1n) is 5.87. The number of hydrogen-bond acceptors (Lipinski definition) is 3. The third-order valence-electron chi connectivity index (χ3n) is 2.86. The van der Waals surface area contributed by atoms with Crippen molar-refractivity contribution in [2.45, 2.75) is 26.1 Å². The molecule has 0 aliphatic rings. The molecule has 2 aromatic heterocycles. The first-order valence-corrected chi connectivity index (χ1v) is 6.25. The molecule has 108 valence electrons. The summed E-state index contributed by atoms with van der Waals surface area (Å²) in [6, 6.07) is 0.840. The van der Waals surface area contributed by atoms with E-state index in [0.29, 0.717) is 13.0 Å². The first-order chi connectivity index (χ1) is 9.38. The van der Waals surface area contributed by atoms with Crippen molar-refractivity contribution in [2.24, 2.45) is 5.73 Å². The summed E-state index contributed by atoms with van der Waals surface area (Å²) in [5.74, 6) is 0.163. The maximum absolute atomic E-state index is 12.6. The molecule has 0 aliphatic heterocycles. The Hall–Kier alpha value is -1.60. The fraction of sp³-hybridized carbons (Fsp3) is 0.333. The number of nitrogens with zero attached hydrogens (tertiary/aromatic N) is 3. The van der Waals surface area contributed by atoms with E-state index in [4.69, 9.17) is 17.3 Å². The quantitative estimate of drug-likeness (QED) is 0.948. The fourth-order valence-electron chi connectivity index (χ4n) is 1.88. The largest absolute Gasteiger partial charge is 0.417 e. The van der Waals surface area contributed by atoms with E-state index in [0.717, 1.165) is 23.5 Å². The molecule has 0 atom stereocenters. The molecule has 0 saturated carbocycles. The van der Waals surface area contributed by atoms with Gasteiger partial charge in [0.05, 0.1) is 22.5 Å². The number of rotatable bonds is 3. The second-order valence-electron chi connectivity index (χ2n) is 4.11. The summed E-state index contributed by atoms with van der Waals surface area (Å²) in [6.45, 7) is 2.19. The minimum Gasteiger partial charge on any atom is -0.326 e. The highest BCUT2D eigenvalue weighted by Crippen LogP contribution is 2.32. The van der Waals surface area contributed by atoms with Gasteiger partial charge in [-0.05, 0) is 12.5 Å². The van der Waals surface area contributed by atoms with Gasteiger partial charge >= 0.3 is 6.18 Å². The molecule has 0 radical (unpaired) electrons. The molecule has 2 N–H and O–H groups in total. The smallest absolute Gasteiger partial charge is 0.326 e. The Morgan fingerprint density at radius 1 is 1.35 bits per heavy atom. The zero-order valence-electron chi connectivity index (χ0n) is 10.6. The number of halogens is 4. The normalized spacial score (nSPS) is 11.9.